The summed E-state index contributed by atoms with van der Waals surface area (Å²) in [5.41, 5.74) is 12.4. The van der Waals surface area contributed by atoms with Gasteiger partial charge in [0.25, 0.3) is 0 Å². The van der Waals surface area contributed by atoms with Crippen molar-refractivity contribution in [1.29, 1.82) is 0 Å². The molecule has 78 valence electrons. The van der Waals surface area contributed by atoms with Gasteiger partial charge in [0.05, 0.1) is 5.02 Å². The van der Waals surface area contributed by atoms with Gasteiger partial charge in [-0.25, -0.2) is 4.98 Å². The van der Waals surface area contributed by atoms with E-state index in [1.54, 1.807) is 6.07 Å². The normalized spacial score (nSPS) is 13.2. The molecular formula is C9H15ClN4. The molecule has 0 saturated carbocycles. The number of rotatable bonds is 3. The van der Waals surface area contributed by atoms with Crippen LogP contribution in [0.25, 0.3) is 0 Å². The Hall–Kier alpha value is -0.840. The van der Waals surface area contributed by atoms with Crippen molar-refractivity contribution in [3.8, 4) is 0 Å². The fourth-order valence-corrected chi connectivity index (χ4v) is 1.42. The van der Waals surface area contributed by atoms with Gasteiger partial charge in [0.1, 0.15) is 5.82 Å². The van der Waals surface area contributed by atoms with Gasteiger partial charge in [-0.1, -0.05) is 11.6 Å². The predicted molar refractivity (Wildman–Crippen MR) is 59.1 cm³/mol. The predicted octanol–water partition coefficient (Wildman–Crippen LogP) is 0.879. The highest BCUT2D eigenvalue weighted by Crippen LogP contribution is 2.20. The van der Waals surface area contributed by atoms with Crippen LogP contribution in [-0.4, -0.2) is 30.5 Å². The summed E-state index contributed by atoms with van der Waals surface area (Å²) in [6.07, 6.45) is 1.52. The molecule has 14 heavy (non-hydrogen) atoms. The highest BCUT2D eigenvalue weighted by molar-refractivity contribution is 6.30. The third-order valence-corrected chi connectivity index (χ3v) is 2.08. The molecule has 0 fully saturated rings. The molecule has 0 bridgehead atoms. The van der Waals surface area contributed by atoms with Crippen LogP contribution in [0, 0.1) is 0 Å². The van der Waals surface area contributed by atoms with Crippen molar-refractivity contribution in [2.24, 2.45) is 5.73 Å². The van der Waals surface area contributed by atoms with Gasteiger partial charge in [-0.05, 0) is 20.2 Å². The number of hydrogen-bond donors (Lipinski definition) is 2. The second-order valence-electron chi connectivity index (χ2n) is 3.50. The highest BCUT2D eigenvalue weighted by Gasteiger charge is 2.11. The monoisotopic (exact) mass is 214 g/mol. The maximum atomic E-state index is 5.95. The van der Waals surface area contributed by atoms with Crippen molar-refractivity contribution in [2.75, 3.05) is 26.4 Å². The number of nitrogen functional groups attached to an aromatic ring is 1. The Morgan fingerprint density at radius 1 is 1.57 bits per heavy atom. The SMILES string of the molecule is CN(C)CC(N)c1cc(Cl)cnc1N. The van der Waals surface area contributed by atoms with Crippen LogP contribution in [0.15, 0.2) is 12.3 Å². The van der Waals surface area contributed by atoms with Gasteiger partial charge in [0.2, 0.25) is 0 Å². The van der Waals surface area contributed by atoms with Crippen LogP contribution in [0.3, 0.4) is 0 Å². The van der Waals surface area contributed by atoms with Crippen LogP contribution in [0.1, 0.15) is 11.6 Å². The van der Waals surface area contributed by atoms with E-state index in [2.05, 4.69) is 4.98 Å². The van der Waals surface area contributed by atoms with Crippen LogP contribution in [-0.2, 0) is 0 Å². The van der Waals surface area contributed by atoms with E-state index in [1.807, 2.05) is 19.0 Å². The first-order valence-electron chi connectivity index (χ1n) is 4.32. The Morgan fingerprint density at radius 3 is 2.79 bits per heavy atom. The van der Waals surface area contributed by atoms with Gasteiger partial charge in [-0.15, -0.1) is 0 Å². The first-order valence-corrected chi connectivity index (χ1v) is 4.69. The van der Waals surface area contributed by atoms with E-state index in [0.717, 1.165) is 5.56 Å². The second kappa shape index (κ2) is 4.59. The first kappa shape index (κ1) is 11.2. The van der Waals surface area contributed by atoms with Crippen LogP contribution in [0.2, 0.25) is 5.02 Å². The molecule has 1 atom stereocenters. The summed E-state index contributed by atoms with van der Waals surface area (Å²) in [6, 6.07) is 1.61. The average molecular weight is 215 g/mol. The molecule has 0 aliphatic rings. The Balaban J connectivity index is 2.88. The summed E-state index contributed by atoms with van der Waals surface area (Å²) >= 11 is 5.81. The summed E-state index contributed by atoms with van der Waals surface area (Å²) in [6.45, 7) is 0.715. The molecule has 0 aliphatic carbocycles. The minimum Gasteiger partial charge on any atom is -0.383 e. The standard InChI is InChI=1S/C9H15ClN4/c1-14(2)5-8(11)7-3-6(10)4-13-9(7)12/h3-4,8H,5,11H2,1-2H3,(H2,12,13). The van der Waals surface area contributed by atoms with Crippen molar-refractivity contribution in [3.63, 3.8) is 0 Å². The van der Waals surface area contributed by atoms with Crippen molar-refractivity contribution in [2.45, 2.75) is 6.04 Å². The molecule has 0 radical (unpaired) electrons. The topological polar surface area (TPSA) is 68.2 Å². The summed E-state index contributed by atoms with van der Waals surface area (Å²) in [7, 11) is 3.90. The zero-order valence-corrected chi connectivity index (χ0v) is 9.12. The number of nitrogens with zero attached hydrogens (tertiary/aromatic N) is 2. The Morgan fingerprint density at radius 2 is 2.21 bits per heavy atom. The van der Waals surface area contributed by atoms with Crippen LogP contribution in [0.5, 0.6) is 0 Å². The smallest absolute Gasteiger partial charge is 0.128 e. The van der Waals surface area contributed by atoms with E-state index in [4.69, 9.17) is 23.1 Å². The number of aromatic nitrogens is 1. The Kier molecular flexibility index (Phi) is 3.69. The lowest BCUT2D eigenvalue weighted by Crippen LogP contribution is -2.26. The first-order chi connectivity index (χ1) is 6.50. The summed E-state index contributed by atoms with van der Waals surface area (Å²) in [4.78, 5) is 5.95. The molecule has 0 amide bonds. The fourth-order valence-electron chi connectivity index (χ4n) is 1.25. The lowest BCUT2D eigenvalue weighted by Gasteiger charge is -2.18. The minimum atomic E-state index is -0.156. The third kappa shape index (κ3) is 2.83. The number of likely N-dealkylation sites (N-methyl/N-ethyl adjacent to an activating group) is 1. The number of halogens is 1. The van der Waals surface area contributed by atoms with E-state index >= 15 is 0 Å². The number of nitrogens with two attached hydrogens (primary N) is 2. The summed E-state index contributed by atoms with van der Waals surface area (Å²) in [5.74, 6) is 0.448. The van der Waals surface area contributed by atoms with E-state index < -0.39 is 0 Å². The zero-order valence-electron chi connectivity index (χ0n) is 8.37. The van der Waals surface area contributed by atoms with Gasteiger partial charge in [-0.2, -0.15) is 0 Å². The van der Waals surface area contributed by atoms with Gasteiger partial charge in [0, 0.05) is 24.3 Å². The van der Waals surface area contributed by atoms with E-state index in [1.165, 1.54) is 6.20 Å². The third-order valence-electron chi connectivity index (χ3n) is 1.88. The van der Waals surface area contributed by atoms with Crippen LogP contribution < -0.4 is 11.5 Å². The fraction of sp³-hybridized carbons (Fsp3) is 0.444. The Labute approximate surface area is 88.9 Å². The van der Waals surface area contributed by atoms with Crippen LogP contribution in [0.4, 0.5) is 5.82 Å². The molecule has 0 aliphatic heterocycles. The molecule has 1 rings (SSSR count). The van der Waals surface area contributed by atoms with E-state index in [-0.39, 0.29) is 6.04 Å². The van der Waals surface area contributed by atoms with Gasteiger partial charge >= 0.3 is 0 Å². The summed E-state index contributed by atoms with van der Waals surface area (Å²) in [5, 5.41) is 0.559. The molecular weight excluding hydrogens is 200 g/mol. The van der Waals surface area contributed by atoms with Crippen molar-refractivity contribution < 1.29 is 0 Å². The van der Waals surface area contributed by atoms with Crippen molar-refractivity contribution >= 4 is 17.4 Å². The molecule has 1 aromatic rings. The van der Waals surface area contributed by atoms with Gasteiger partial charge in [-0.3, -0.25) is 0 Å². The van der Waals surface area contributed by atoms with Crippen LogP contribution >= 0.6 is 11.6 Å². The van der Waals surface area contributed by atoms with Gasteiger partial charge < -0.3 is 16.4 Å². The molecule has 0 saturated heterocycles. The quantitative estimate of drug-likeness (QED) is 0.784. The molecule has 0 aromatic carbocycles. The lowest BCUT2D eigenvalue weighted by atomic mass is 10.1. The Bertz CT molecular complexity index is 314. The second-order valence-corrected chi connectivity index (χ2v) is 3.93. The molecule has 4 nitrogen and oxygen atoms in total. The molecule has 5 heteroatoms. The maximum Gasteiger partial charge on any atom is 0.128 e. The molecule has 1 aromatic heterocycles. The van der Waals surface area contributed by atoms with Crippen molar-refractivity contribution in [3.05, 3.63) is 22.8 Å². The number of hydrogen-bond acceptors (Lipinski definition) is 4. The highest BCUT2D eigenvalue weighted by atomic mass is 35.5. The largest absolute Gasteiger partial charge is 0.383 e. The lowest BCUT2D eigenvalue weighted by molar-refractivity contribution is 0.377. The molecule has 1 heterocycles. The molecule has 4 N–H and O–H groups in total. The van der Waals surface area contributed by atoms with Crippen molar-refractivity contribution in [1.82, 2.24) is 9.88 Å². The average Bonchev–Trinajstić information content (AvgIpc) is 2.08. The van der Waals surface area contributed by atoms with Gasteiger partial charge in [0.15, 0.2) is 0 Å². The number of anilines is 1. The molecule has 1 unspecified atom stereocenters. The summed E-state index contributed by atoms with van der Waals surface area (Å²) < 4.78 is 0. The minimum absolute atomic E-state index is 0.156. The van der Waals surface area contributed by atoms with E-state index in [0.29, 0.717) is 17.4 Å². The maximum absolute atomic E-state index is 5.95. The molecule has 0 spiro atoms. The number of pyridine rings is 1. The van der Waals surface area contributed by atoms with E-state index in [9.17, 15) is 0 Å². The zero-order chi connectivity index (χ0) is 10.7.